The zero-order valence-electron chi connectivity index (χ0n) is 14.6. The van der Waals surface area contributed by atoms with E-state index >= 15 is 0 Å². The number of unbranched alkanes of at least 4 members (excludes halogenated alkanes) is 2. The minimum Gasteiger partial charge on any atom is -0.342 e. The molecular formula is C17H31N3O. The highest BCUT2D eigenvalue weighted by atomic mass is 16.1. The van der Waals surface area contributed by atoms with Crippen LogP contribution in [0.15, 0.2) is 4.79 Å². The Labute approximate surface area is 129 Å². The van der Waals surface area contributed by atoms with Gasteiger partial charge in [0.25, 0.3) is 5.56 Å². The third kappa shape index (κ3) is 4.08. The fourth-order valence-corrected chi connectivity index (χ4v) is 2.93. The molecule has 0 aliphatic carbocycles. The maximum Gasteiger partial charge on any atom is 0.258 e. The Hall–Kier alpha value is -1.32. The van der Waals surface area contributed by atoms with Crippen molar-refractivity contribution in [3.8, 4) is 0 Å². The molecule has 4 heteroatoms. The van der Waals surface area contributed by atoms with Gasteiger partial charge in [-0.2, -0.15) is 0 Å². The molecule has 0 bridgehead atoms. The number of anilines is 1. The average Bonchev–Trinajstić information content (AvgIpc) is 2.47. The zero-order valence-corrected chi connectivity index (χ0v) is 14.6. The molecule has 0 aliphatic rings. The monoisotopic (exact) mass is 293 g/mol. The van der Waals surface area contributed by atoms with E-state index in [1.54, 1.807) is 4.57 Å². The van der Waals surface area contributed by atoms with Crippen molar-refractivity contribution in [2.24, 2.45) is 7.05 Å². The van der Waals surface area contributed by atoms with Crippen molar-refractivity contribution in [1.82, 2.24) is 9.55 Å². The van der Waals surface area contributed by atoms with E-state index in [0.717, 1.165) is 36.5 Å². The lowest BCUT2D eigenvalue weighted by Gasteiger charge is -2.30. The molecule has 1 unspecified atom stereocenters. The molecule has 0 saturated carbocycles. The summed E-state index contributed by atoms with van der Waals surface area (Å²) in [5.41, 5.74) is 1.79. The van der Waals surface area contributed by atoms with Gasteiger partial charge in [-0.3, -0.25) is 9.36 Å². The second-order valence-electron chi connectivity index (χ2n) is 5.86. The number of hydrogen-bond acceptors (Lipinski definition) is 3. The minimum atomic E-state index is 0.0928. The van der Waals surface area contributed by atoms with Gasteiger partial charge in [-0.1, -0.05) is 40.0 Å². The van der Waals surface area contributed by atoms with Crippen LogP contribution in [0.1, 0.15) is 64.1 Å². The van der Waals surface area contributed by atoms with Crippen molar-refractivity contribution >= 4 is 5.95 Å². The van der Waals surface area contributed by atoms with Gasteiger partial charge in [0.15, 0.2) is 0 Å². The van der Waals surface area contributed by atoms with Crippen molar-refractivity contribution < 1.29 is 0 Å². The molecule has 0 fully saturated rings. The summed E-state index contributed by atoms with van der Waals surface area (Å²) in [5.74, 6) is 0.790. The fraction of sp³-hybridized carbons (Fsp3) is 0.765. The standard InChI is InChI=1S/C17H31N3O/c1-7-10-11-12-14(8-2)19(5)17-18-13(4)15(9-3)16(21)20(17)6/h14H,7-12H2,1-6H3. The topological polar surface area (TPSA) is 38.1 Å². The summed E-state index contributed by atoms with van der Waals surface area (Å²) < 4.78 is 1.70. The molecule has 0 N–H and O–H groups in total. The van der Waals surface area contributed by atoms with Crippen LogP contribution < -0.4 is 10.5 Å². The van der Waals surface area contributed by atoms with Gasteiger partial charge in [0.05, 0.1) is 0 Å². The maximum absolute atomic E-state index is 12.4. The summed E-state index contributed by atoms with van der Waals surface area (Å²) in [6.07, 6.45) is 6.71. The molecule has 0 aliphatic heterocycles. The van der Waals surface area contributed by atoms with Crippen LogP contribution in [0.25, 0.3) is 0 Å². The van der Waals surface area contributed by atoms with Gasteiger partial charge in [0.2, 0.25) is 5.95 Å². The van der Waals surface area contributed by atoms with Crippen LogP contribution in [0, 0.1) is 6.92 Å². The van der Waals surface area contributed by atoms with Crippen LogP contribution in [0.3, 0.4) is 0 Å². The Bertz CT molecular complexity index is 507. The highest BCUT2D eigenvalue weighted by molar-refractivity contribution is 5.35. The SMILES string of the molecule is CCCCCC(CC)N(C)c1nc(C)c(CC)c(=O)n1C. The molecule has 1 heterocycles. The largest absolute Gasteiger partial charge is 0.342 e. The first kappa shape index (κ1) is 17.7. The summed E-state index contributed by atoms with van der Waals surface area (Å²) >= 11 is 0. The van der Waals surface area contributed by atoms with E-state index in [1.807, 2.05) is 20.9 Å². The first-order chi connectivity index (χ1) is 9.97. The molecule has 1 atom stereocenters. The Morgan fingerprint density at radius 3 is 2.43 bits per heavy atom. The molecule has 1 aromatic rings. The molecule has 0 radical (unpaired) electrons. The molecular weight excluding hydrogens is 262 g/mol. The van der Waals surface area contributed by atoms with Crippen LogP contribution in [-0.4, -0.2) is 22.6 Å². The summed E-state index contributed by atoms with van der Waals surface area (Å²) in [6, 6.07) is 0.446. The molecule has 0 aromatic carbocycles. The van der Waals surface area contributed by atoms with E-state index in [-0.39, 0.29) is 5.56 Å². The Kier molecular flexibility index (Phi) is 6.93. The smallest absolute Gasteiger partial charge is 0.258 e. The molecule has 21 heavy (non-hydrogen) atoms. The summed E-state index contributed by atoms with van der Waals surface area (Å²) in [5, 5.41) is 0. The fourth-order valence-electron chi connectivity index (χ4n) is 2.93. The van der Waals surface area contributed by atoms with E-state index in [0.29, 0.717) is 6.04 Å². The molecule has 120 valence electrons. The zero-order chi connectivity index (χ0) is 16.0. The van der Waals surface area contributed by atoms with Gasteiger partial charge in [-0.05, 0) is 26.2 Å². The number of nitrogens with zero attached hydrogens (tertiary/aromatic N) is 3. The molecule has 1 aromatic heterocycles. The summed E-state index contributed by atoms with van der Waals surface area (Å²) in [6.45, 7) is 8.38. The van der Waals surface area contributed by atoms with Gasteiger partial charge < -0.3 is 4.90 Å². The average molecular weight is 293 g/mol. The van der Waals surface area contributed by atoms with Crippen molar-refractivity contribution in [1.29, 1.82) is 0 Å². The Morgan fingerprint density at radius 1 is 1.24 bits per heavy atom. The van der Waals surface area contributed by atoms with Crippen molar-refractivity contribution in [2.45, 2.75) is 72.3 Å². The van der Waals surface area contributed by atoms with E-state index in [2.05, 4.69) is 25.8 Å². The van der Waals surface area contributed by atoms with E-state index < -0.39 is 0 Å². The number of rotatable bonds is 8. The summed E-state index contributed by atoms with van der Waals surface area (Å²) in [7, 11) is 3.89. The molecule has 1 rings (SSSR count). The van der Waals surface area contributed by atoms with Crippen molar-refractivity contribution in [3.05, 3.63) is 21.6 Å². The highest BCUT2D eigenvalue weighted by Gasteiger charge is 2.19. The second-order valence-corrected chi connectivity index (χ2v) is 5.86. The second kappa shape index (κ2) is 8.20. The van der Waals surface area contributed by atoms with Gasteiger partial charge in [0.1, 0.15) is 0 Å². The van der Waals surface area contributed by atoms with E-state index in [4.69, 9.17) is 4.98 Å². The Morgan fingerprint density at radius 2 is 1.90 bits per heavy atom. The van der Waals surface area contributed by atoms with Crippen molar-refractivity contribution in [2.75, 3.05) is 11.9 Å². The predicted octanol–water partition coefficient (Wildman–Crippen LogP) is 3.45. The lowest BCUT2D eigenvalue weighted by atomic mass is 10.1. The molecule has 0 saturated heterocycles. The van der Waals surface area contributed by atoms with E-state index in [9.17, 15) is 4.79 Å². The quantitative estimate of drug-likeness (QED) is 0.689. The number of hydrogen-bond donors (Lipinski definition) is 0. The number of aryl methyl sites for hydroxylation is 1. The third-order valence-electron chi connectivity index (χ3n) is 4.40. The normalized spacial score (nSPS) is 12.5. The van der Waals surface area contributed by atoms with Crippen molar-refractivity contribution in [3.63, 3.8) is 0 Å². The summed E-state index contributed by atoms with van der Waals surface area (Å²) in [4.78, 5) is 19.3. The van der Waals surface area contributed by atoms with Crippen LogP contribution in [0.5, 0.6) is 0 Å². The number of aromatic nitrogens is 2. The van der Waals surface area contributed by atoms with Crippen LogP contribution in [-0.2, 0) is 13.5 Å². The third-order valence-corrected chi connectivity index (χ3v) is 4.40. The Balaban J connectivity index is 3.05. The minimum absolute atomic E-state index is 0.0928. The predicted molar refractivity (Wildman–Crippen MR) is 90.2 cm³/mol. The van der Waals surface area contributed by atoms with Crippen LogP contribution in [0.2, 0.25) is 0 Å². The van der Waals surface area contributed by atoms with Crippen LogP contribution in [0.4, 0.5) is 5.95 Å². The van der Waals surface area contributed by atoms with Gasteiger partial charge in [-0.15, -0.1) is 0 Å². The highest BCUT2D eigenvalue weighted by Crippen LogP contribution is 2.18. The lowest BCUT2D eigenvalue weighted by Crippen LogP contribution is -2.37. The van der Waals surface area contributed by atoms with Gasteiger partial charge in [-0.25, -0.2) is 4.98 Å². The first-order valence-electron chi connectivity index (χ1n) is 8.27. The molecule has 0 amide bonds. The first-order valence-corrected chi connectivity index (χ1v) is 8.27. The van der Waals surface area contributed by atoms with Crippen LogP contribution >= 0.6 is 0 Å². The molecule has 0 spiro atoms. The van der Waals surface area contributed by atoms with Gasteiger partial charge >= 0.3 is 0 Å². The molecule has 4 nitrogen and oxygen atoms in total. The van der Waals surface area contributed by atoms with Gasteiger partial charge in [0, 0.05) is 31.4 Å². The lowest BCUT2D eigenvalue weighted by molar-refractivity contribution is 0.511. The maximum atomic E-state index is 12.4. The van der Waals surface area contributed by atoms with E-state index in [1.165, 1.54) is 19.3 Å².